The van der Waals surface area contributed by atoms with Gasteiger partial charge in [0.25, 0.3) is 5.91 Å². The molecule has 0 saturated heterocycles. The van der Waals surface area contributed by atoms with Gasteiger partial charge in [-0.05, 0) is 47.0 Å². The van der Waals surface area contributed by atoms with E-state index in [0.29, 0.717) is 5.56 Å². The average Bonchev–Trinajstić information content (AvgIpc) is 2.50. The number of likely N-dealkylation sites (N-methyl/N-ethyl adjacent to an activating group) is 1. The van der Waals surface area contributed by atoms with Crippen LogP contribution in [-0.2, 0) is 0 Å². The van der Waals surface area contributed by atoms with E-state index in [2.05, 4.69) is 22.5 Å². The second-order valence-electron chi connectivity index (χ2n) is 5.51. The highest BCUT2D eigenvalue weighted by atomic mass is 79.9. The number of benzene rings is 2. The fraction of sp³-hybridized carbons (Fsp3) is 0.211. The van der Waals surface area contributed by atoms with Crippen LogP contribution >= 0.6 is 15.9 Å². The van der Waals surface area contributed by atoms with Gasteiger partial charge in [0.1, 0.15) is 0 Å². The van der Waals surface area contributed by atoms with Crippen molar-refractivity contribution in [1.29, 1.82) is 0 Å². The monoisotopic (exact) mass is 357 g/mol. The fourth-order valence-electron chi connectivity index (χ4n) is 2.59. The minimum absolute atomic E-state index is 0.0209. The Labute approximate surface area is 140 Å². The Morgan fingerprint density at radius 1 is 1.14 bits per heavy atom. The molecule has 0 aromatic heterocycles. The van der Waals surface area contributed by atoms with Gasteiger partial charge >= 0.3 is 0 Å². The van der Waals surface area contributed by atoms with Crippen LogP contribution in [0.5, 0.6) is 0 Å². The van der Waals surface area contributed by atoms with Crippen molar-refractivity contribution in [3.05, 3.63) is 81.8 Å². The van der Waals surface area contributed by atoms with Gasteiger partial charge in [0.05, 0.1) is 11.6 Å². The summed E-state index contributed by atoms with van der Waals surface area (Å²) in [6.45, 7) is 7.99. The minimum Gasteiger partial charge on any atom is -0.331 e. The van der Waals surface area contributed by atoms with Crippen LogP contribution in [0.1, 0.15) is 34.5 Å². The van der Waals surface area contributed by atoms with E-state index in [9.17, 15) is 4.79 Å². The summed E-state index contributed by atoms with van der Waals surface area (Å²) < 4.78 is 0.848. The first kappa shape index (κ1) is 16.5. The van der Waals surface area contributed by atoms with Gasteiger partial charge in [0.15, 0.2) is 0 Å². The number of hydrogen-bond acceptors (Lipinski definition) is 1. The molecular formula is C19H20BrNO. The van der Waals surface area contributed by atoms with Gasteiger partial charge in [0.2, 0.25) is 0 Å². The molecule has 0 aliphatic rings. The molecule has 2 aromatic carbocycles. The maximum Gasteiger partial charge on any atom is 0.255 e. The molecule has 22 heavy (non-hydrogen) atoms. The van der Waals surface area contributed by atoms with E-state index < -0.39 is 0 Å². The molecule has 1 atom stereocenters. The maximum absolute atomic E-state index is 12.9. The third kappa shape index (κ3) is 3.30. The third-order valence-electron chi connectivity index (χ3n) is 3.71. The van der Waals surface area contributed by atoms with Crippen LogP contribution < -0.4 is 0 Å². The molecule has 0 aliphatic carbocycles. The van der Waals surface area contributed by atoms with Crippen LogP contribution in [0.15, 0.2) is 65.2 Å². The lowest BCUT2D eigenvalue weighted by molar-refractivity contribution is 0.0752. The van der Waals surface area contributed by atoms with Crippen molar-refractivity contribution in [1.82, 2.24) is 4.90 Å². The molecule has 0 aliphatic heterocycles. The molecule has 2 rings (SSSR count). The molecule has 0 bridgehead atoms. The summed E-state index contributed by atoms with van der Waals surface area (Å²) >= 11 is 3.52. The van der Waals surface area contributed by atoms with Crippen molar-refractivity contribution in [2.45, 2.75) is 19.9 Å². The summed E-state index contributed by atoms with van der Waals surface area (Å²) in [7, 11) is 1.82. The van der Waals surface area contributed by atoms with Crippen LogP contribution in [-0.4, -0.2) is 17.9 Å². The summed E-state index contributed by atoms with van der Waals surface area (Å²) in [4.78, 5) is 14.6. The van der Waals surface area contributed by atoms with E-state index in [-0.39, 0.29) is 11.9 Å². The number of amides is 1. The Balaban J connectivity index is 2.39. The van der Waals surface area contributed by atoms with E-state index in [0.717, 1.165) is 21.2 Å². The Kier molecular flexibility index (Phi) is 5.19. The van der Waals surface area contributed by atoms with Gasteiger partial charge in [-0.2, -0.15) is 0 Å². The summed E-state index contributed by atoms with van der Waals surface area (Å²) in [6, 6.07) is 15.6. The maximum atomic E-state index is 12.9. The Morgan fingerprint density at radius 3 is 2.36 bits per heavy atom. The molecule has 0 unspecified atom stereocenters. The molecule has 0 heterocycles. The zero-order chi connectivity index (χ0) is 16.3. The number of carbonyl (C=O) groups is 1. The fourth-order valence-corrected chi connectivity index (χ4v) is 3.03. The predicted molar refractivity (Wildman–Crippen MR) is 95.0 cm³/mol. The lowest BCUT2D eigenvalue weighted by Gasteiger charge is -2.29. The zero-order valence-electron chi connectivity index (χ0n) is 13.1. The number of rotatable bonds is 4. The van der Waals surface area contributed by atoms with Gasteiger partial charge in [-0.1, -0.05) is 54.6 Å². The second-order valence-corrected chi connectivity index (χ2v) is 6.31. The van der Waals surface area contributed by atoms with Gasteiger partial charge in [-0.25, -0.2) is 0 Å². The molecule has 0 radical (unpaired) electrons. The van der Waals surface area contributed by atoms with Crippen LogP contribution in [0, 0.1) is 6.92 Å². The highest BCUT2D eigenvalue weighted by Crippen LogP contribution is 2.29. The van der Waals surface area contributed by atoms with Crippen LogP contribution in [0.4, 0.5) is 0 Å². The van der Waals surface area contributed by atoms with Crippen molar-refractivity contribution < 1.29 is 4.79 Å². The highest BCUT2D eigenvalue weighted by Gasteiger charge is 2.24. The largest absolute Gasteiger partial charge is 0.331 e. The van der Waals surface area contributed by atoms with Crippen LogP contribution in [0.3, 0.4) is 0 Å². The average molecular weight is 358 g/mol. The topological polar surface area (TPSA) is 20.3 Å². The van der Waals surface area contributed by atoms with Gasteiger partial charge in [-0.3, -0.25) is 4.79 Å². The van der Waals surface area contributed by atoms with Crippen molar-refractivity contribution in [3.63, 3.8) is 0 Å². The second kappa shape index (κ2) is 6.93. The summed E-state index contributed by atoms with van der Waals surface area (Å²) in [5.74, 6) is -0.0209. The highest BCUT2D eigenvalue weighted by molar-refractivity contribution is 9.10. The van der Waals surface area contributed by atoms with Gasteiger partial charge in [-0.15, -0.1) is 0 Å². The molecule has 3 heteroatoms. The quantitative estimate of drug-likeness (QED) is 0.693. The predicted octanol–water partition coefficient (Wildman–Crippen LogP) is 5.15. The molecule has 0 saturated carbocycles. The first-order chi connectivity index (χ1) is 10.4. The van der Waals surface area contributed by atoms with Crippen molar-refractivity contribution in [3.8, 4) is 0 Å². The lowest BCUT2D eigenvalue weighted by atomic mass is 9.98. The Bertz CT molecular complexity index is 694. The summed E-state index contributed by atoms with van der Waals surface area (Å²) in [5.41, 5.74) is 3.72. The van der Waals surface area contributed by atoms with Gasteiger partial charge < -0.3 is 4.90 Å². The van der Waals surface area contributed by atoms with Crippen LogP contribution in [0.2, 0.25) is 0 Å². The first-order valence-corrected chi connectivity index (χ1v) is 7.95. The van der Waals surface area contributed by atoms with E-state index in [1.165, 1.54) is 0 Å². The number of nitrogens with zero attached hydrogens (tertiary/aromatic N) is 1. The lowest BCUT2D eigenvalue weighted by Crippen LogP contribution is -2.32. The van der Waals surface area contributed by atoms with E-state index in [4.69, 9.17) is 0 Å². The Hall–Kier alpha value is -1.87. The minimum atomic E-state index is -0.138. The van der Waals surface area contributed by atoms with Gasteiger partial charge in [0, 0.05) is 11.5 Å². The summed E-state index contributed by atoms with van der Waals surface area (Å²) in [6.07, 6.45) is 0. The first-order valence-electron chi connectivity index (χ1n) is 7.16. The van der Waals surface area contributed by atoms with E-state index in [1.54, 1.807) is 4.90 Å². The number of hydrogen-bond donors (Lipinski definition) is 0. The van der Waals surface area contributed by atoms with Crippen molar-refractivity contribution in [2.75, 3.05) is 7.05 Å². The number of halogens is 1. The van der Waals surface area contributed by atoms with Crippen molar-refractivity contribution in [2.24, 2.45) is 0 Å². The molecule has 1 amide bonds. The molecule has 114 valence electrons. The molecule has 0 N–H and O–H groups in total. The molecule has 2 aromatic rings. The molecule has 2 nitrogen and oxygen atoms in total. The van der Waals surface area contributed by atoms with Crippen molar-refractivity contribution >= 4 is 21.8 Å². The molecular weight excluding hydrogens is 338 g/mol. The Morgan fingerprint density at radius 2 is 1.77 bits per heavy atom. The van der Waals surface area contributed by atoms with E-state index >= 15 is 0 Å². The molecule has 0 spiro atoms. The standard InChI is InChI=1S/C19H20BrNO/c1-13(2)18(15-10-6-5-7-11-15)21(4)19(22)16-12-8-9-14(3)17(16)20/h5-12,18H,1H2,2-4H3/t18-/m0/s1. The normalized spacial score (nSPS) is 11.8. The van der Waals surface area contributed by atoms with Crippen LogP contribution in [0.25, 0.3) is 0 Å². The molecule has 0 fully saturated rings. The third-order valence-corrected chi connectivity index (χ3v) is 4.76. The summed E-state index contributed by atoms with van der Waals surface area (Å²) in [5, 5.41) is 0. The zero-order valence-corrected chi connectivity index (χ0v) is 14.7. The SMILES string of the molecule is C=C(C)[C@@H](c1ccccc1)N(C)C(=O)c1cccc(C)c1Br. The number of carbonyl (C=O) groups excluding carboxylic acids is 1. The van der Waals surface area contributed by atoms with E-state index in [1.807, 2.05) is 69.4 Å². The number of aryl methyl sites for hydroxylation is 1. The smallest absolute Gasteiger partial charge is 0.255 e.